The van der Waals surface area contributed by atoms with Crippen LogP contribution in [-0.2, 0) is 16.0 Å². The smallest absolute Gasteiger partial charge is 0.321 e. The van der Waals surface area contributed by atoms with E-state index in [4.69, 9.17) is 9.72 Å². The molecule has 3 aliphatic carbocycles. The second-order valence-electron chi connectivity index (χ2n) is 10.3. The van der Waals surface area contributed by atoms with Crippen LogP contribution in [0.25, 0.3) is 0 Å². The summed E-state index contributed by atoms with van der Waals surface area (Å²) < 4.78 is 5.91. The number of ether oxygens (including phenoxy) is 1. The van der Waals surface area contributed by atoms with Gasteiger partial charge in [-0.15, -0.1) is 11.3 Å². The molecule has 0 bridgehead atoms. The summed E-state index contributed by atoms with van der Waals surface area (Å²) in [6.07, 6.45) is 8.92. The molecule has 2 N–H and O–H groups in total. The van der Waals surface area contributed by atoms with Crippen LogP contribution in [0.5, 0.6) is 0 Å². The van der Waals surface area contributed by atoms with Gasteiger partial charge in [-0.1, -0.05) is 40.0 Å². The molecule has 2 saturated carbocycles. The van der Waals surface area contributed by atoms with Crippen molar-refractivity contribution in [2.24, 2.45) is 23.2 Å². The van der Waals surface area contributed by atoms with Crippen LogP contribution in [0.3, 0.4) is 0 Å². The Morgan fingerprint density at radius 2 is 1.93 bits per heavy atom. The number of thiazole rings is 1. The minimum atomic E-state index is -0.136. The Morgan fingerprint density at radius 1 is 1.17 bits per heavy atom. The van der Waals surface area contributed by atoms with Gasteiger partial charge >= 0.3 is 12.0 Å². The molecule has 6 nitrogen and oxygen atoms in total. The standard InChI is InChI=1S/C23H33N3O3S/c1-12-15-9-10-23(3)11-16-18(13(2)17(23)19(15)29-20(12)27)25-22(30-16)26-21(28)24-14-7-5-4-6-8-14/h12-15,17,19H,4-11H2,1-3H3,(H2,24,25,26,28)/t12-,13-,15-,17+,19-,23+/m0/s1. The number of nitrogens with zero attached hydrogens (tertiary/aromatic N) is 1. The molecule has 2 amide bonds. The Kier molecular flexibility index (Phi) is 5.07. The van der Waals surface area contributed by atoms with E-state index in [1.54, 1.807) is 11.3 Å². The molecule has 1 aromatic rings. The van der Waals surface area contributed by atoms with Gasteiger partial charge in [-0.2, -0.15) is 0 Å². The summed E-state index contributed by atoms with van der Waals surface area (Å²) in [6, 6.07) is 0.146. The summed E-state index contributed by atoms with van der Waals surface area (Å²) in [5.41, 5.74) is 1.21. The van der Waals surface area contributed by atoms with Crippen molar-refractivity contribution in [1.29, 1.82) is 0 Å². The summed E-state index contributed by atoms with van der Waals surface area (Å²) in [5, 5.41) is 6.80. The highest BCUT2D eigenvalue weighted by Crippen LogP contribution is 2.59. The van der Waals surface area contributed by atoms with Gasteiger partial charge in [0.2, 0.25) is 0 Å². The van der Waals surface area contributed by atoms with E-state index in [1.165, 1.54) is 24.1 Å². The van der Waals surface area contributed by atoms with Crippen LogP contribution < -0.4 is 10.6 Å². The molecule has 2 heterocycles. The number of amides is 2. The van der Waals surface area contributed by atoms with Crippen molar-refractivity contribution in [3.63, 3.8) is 0 Å². The highest BCUT2D eigenvalue weighted by Gasteiger charge is 2.58. The molecule has 0 aromatic carbocycles. The fraction of sp³-hybridized carbons (Fsp3) is 0.783. The maximum atomic E-state index is 12.5. The second kappa shape index (κ2) is 7.50. The SMILES string of the molecule is C[C@@H]1C(=O)O[C@H]2[C@H]1CC[C@]1(C)Cc3sc(NC(=O)NC4CCCCC4)nc3[C@@H](C)[C@H]21. The van der Waals surface area contributed by atoms with Gasteiger partial charge < -0.3 is 10.1 Å². The molecular formula is C23H33N3O3S. The maximum Gasteiger partial charge on any atom is 0.321 e. The quantitative estimate of drug-likeness (QED) is 0.656. The third kappa shape index (κ3) is 3.33. The summed E-state index contributed by atoms with van der Waals surface area (Å²) >= 11 is 1.62. The van der Waals surface area contributed by atoms with E-state index in [9.17, 15) is 9.59 Å². The lowest BCUT2D eigenvalue weighted by atomic mass is 9.54. The predicted molar refractivity (Wildman–Crippen MR) is 117 cm³/mol. The molecule has 1 saturated heterocycles. The van der Waals surface area contributed by atoms with E-state index in [0.717, 1.165) is 37.8 Å². The molecule has 30 heavy (non-hydrogen) atoms. The largest absolute Gasteiger partial charge is 0.461 e. The molecular weight excluding hydrogens is 398 g/mol. The first-order chi connectivity index (χ1) is 14.4. The second-order valence-corrected chi connectivity index (χ2v) is 11.4. The fourth-order valence-electron chi connectivity index (χ4n) is 6.70. The molecule has 0 spiro atoms. The third-order valence-electron chi connectivity index (χ3n) is 8.32. The third-order valence-corrected chi connectivity index (χ3v) is 9.31. The monoisotopic (exact) mass is 431 g/mol. The number of esters is 1. The molecule has 1 aliphatic heterocycles. The number of urea groups is 1. The highest BCUT2D eigenvalue weighted by molar-refractivity contribution is 7.15. The van der Waals surface area contributed by atoms with Crippen molar-refractivity contribution in [1.82, 2.24) is 10.3 Å². The van der Waals surface area contributed by atoms with Crippen molar-refractivity contribution >= 4 is 28.5 Å². The maximum absolute atomic E-state index is 12.5. The first kappa shape index (κ1) is 20.3. The van der Waals surface area contributed by atoms with Crippen molar-refractivity contribution in [2.45, 2.75) is 90.2 Å². The number of carbonyl (C=O) groups is 2. The van der Waals surface area contributed by atoms with E-state index in [2.05, 4.69) is 24.5 Å². The molecule has 0 radical (unpaired) electrons. The average Bonchev–Trinajstić information content (AvgIpc) is 3.22. The van der Waals surface area contributed by atoms with E-state index in [0.29, 0.717) is 17.0 Å². The summed E-state index contributed by atoms with van der Waals surface area (Å²) in [6.45, 7) is 6.60. The van der Waals surface area contributed by atoms with Gasteiger partial charge in [0.05, 0.1) is 11.6 Å². The van der Waals surface area contributed by atoms with Gasteiger partial charge in [-0.05, 0) is 37.5 Å². The lowest BCUT2D eigenvalue weighted by molar-refractivity contribution is -0.149. The first-order valence-electron chi connectivity index (χ1n) is 11.6. The summed E-state index contributed by atoms with van der Waals surface area (Å²) in [7, 11) is 0. The van der Waals surface area contributed by atoms with Crippen molar-refractivity contribution in [2.75, 3.05) is 5.32 Å². The van der Waals surface area contributed by atoms with Crippen LogP contribution in [0.2, 0.25) is 0 Å². The minimum absolute atomic E-state index is 0.00195. The van der Waals surface area contributed by atoms with Crippen molar-refractivity contribution in [3.05, 3.63) is 10.6 Å². The van der Waals surface area contributed by atoms with E-state index < -0.39 is 0 Å². The first-order valence-corrected chi connectivity index (χ1v) is 12.4. The summed E-state index contributed by atoms with van der Waals surface area (Å²) in [5.74, 6) is 0.815. The van der Waals surface area contributed by atoms with Crippen LogP contribution >= 0.6 is 11.3 Å². The minimum Gasteiger partial charge on any atom is -0.461 e. The van der Waals surface area contributed by atoms with Crippen LogP contribution in [-0.4, -0.2) is 29.1 Å². The number of hydrogen-bond acceptors (Lipinski definition) is 5. The number of anilines is 1. The average molecular weight is 432 g/mol. The number of aromatic nitrogens is 1. The topological polar surface area (TPSA) is 80.3 Å². The van der Waals surface area contributed by atoms with E-state index in [-0.39, 0.29) is 41.4 Å². The van der Waals surface area contributed by atoms with Crippen LogP contribution in [0.15, 0.2) is 0 Å². The zero-order valence-electron chi connectivity index (χ0n) is 18.2. The lowest BCUT2D eigenvalue weighted by Gasteiger charge is -2.51. The molecule has 4 aliphatic rings. The zero-order chi connectivity index (χ0) is 21.0. The number of nitrogens with one attached hydrogen (secondary N) is 2. The Hall–Kier alpha value is -1.63. The fourth-order valence-corrected chi connectivity index (χ4v) is 7.96. The number of rotatable bonds is 2. The predicted octanol–water partition coefficient (Wildman–Crippen LogP) is 4.85. The molecule has 0 unspecified atom stereocenters. The van der Waals surface area contributed by atoms with Crippen molar-refractivity contribution < 1.29 is 14.3 Å². The van der Waals surface area contributed by atoms with Gasteiger partial charge in [0.15, 0.2) is 5.13 Å². The lowest BCUT2D eigenvalue weighted by Crippen LogP contribution is -2.50. The zero-order valence-corrected chi connectivity index (χ0v) is 19.0. The molecule has 7 heteroatoms. The van der Waals surface area contributed by atoms with Gasteiger partial charge in [0.25, 0.3) is 0 Å². The van der Waals surface area contributed by atoms with Gasteiger partial charge in [0, 0.05) is 28.7 Å². The van der Waals surface area contributed by atoms with Crippen LogP contribution in [0, 0.1) is 23.2 Å². The van der Waals surface area contributed by atoms with Gasteiger partial charge in [0.1, 0.15) is 6.10 Å². The highest BCUT2D eigenvalue weighted by atomic mass is 32.1. The number of carbonyl (C=O) groups excluding carboxylic acids is 2. The Morgan fingerprint density at radius 3 is 2.70 bits per heavy atom. The normalized spacial score (nSPS) is 38.2. The van der Waals surface area contributed by atoms with Gasteiger partial charge in [-0.25, -0.2) is 9.78 Å². The molecule has 6 atom stereocenters. The number of hydrogen-bond donors (Lipinski definition) is 2. The Balaban J connectivity index is 1.34. The van der Waals surface area contributed by atoms with Crippen LogP contribution in [0.1, 0.15) is 82.2 Å². The van der Waals surface area contributed by atoms with Gasteiger partial charge in [-0.3, -0.25) is 10.1 Å². The summed E-state index contributed by atoms with van der Waals surface area (Å²) in [4.78, 5) is 30.9. The van der Waals surface area contributed by atoms with Crippen LogP contribution in [0.4, 0.5) is 9.93 Å². The molecule has 1 aromatic heterocycles. The van der Waals surface area contributed by atoms with E-state index in [1.807, 2.05) is 6.92 Å². The van der Waals surface area contributed by atoms with Crippen molar-refractivity contribution in [3.8, 4) is 0 Å². The van der Waals surface area contributed by atoms with E-state index >= 15 is 0 Å². The number of fused-ring (bicyclic) bond motifs is 4. The molecule has 3 fully saturated rings. The molecule has 164 valence electrons. The Labute approximate surface area is 182 Å². The molecule has 5 rings (SSSR count). The Bertz CT molecular complexity index is 849.